The van der Waals surface area contributed by atoms with Crippen molar-refractivity contribution in [3.05, 3.63) is 71.8 Å². The van der Waals surface area contributed by atoms with Crippen molar-refractivity contribution in [2.24, 2.45) is 0 Å². The zero-order valence-electron chi connectivity index (χ0n) is 10.5. The topological polar surface area (TPSA) is 20.3 Å². The van der Waals surface area contributed by atoms with Crippen LogP contribution in [-0.2, 0) is 17.8 Å². The quantitative estimate of drug-likeness (QED) is 0.802. The van der Waals surface area contributed by atoms with Crippen molar-refractivity contribution in [1.82, 2.24) is 4.90 Å². The van der Waals surface area contributed by atoms with Crippen LogP contribution >= 0.6 is 0 Å². The lowest BCUT2D eigenvalue weighted by molar-refractivity contribution is -0.129. The fraction of sp³-hybridized carbons (Fsp3) is 0.188. The van der Waals surface area contributed by atoms with Crippen LogP contribution in [0.25, 0.3) is 0 Å². The van der Waals surface area contributed by atoms with Gasteiger partial charge in [-0.1, -0.05) is 54.6 Å². The molecule has 0 unspecified atom stereocenters. The second-order valence-electron chi connectivity index (χ2n) is 4.30. The van der Waals surface area contributed by atoms with Gasteiger partial charge in [0.1, 0.15) is 0 Å². The third-order valence-electron chi connectivity index (χ3n) is 2.80. The Morgan fingerprint density at radius 3 is 2.50 bits per heavy atom. The Morgan fingerprint density at radius 2 is 1.83 bits per heavy atom. The summed E-state index contributed by atoms with van der Waals surface area (Å²) < 4.78 is 0. The number of rotatable bonds is 4. The molecule has 0 N–H and O–H groups in total. The third kappa shape index (κ3) is 3.45. The summed E-state index contributed by atoms with van der Waals surface area (Å²) in [7, 11) is 1.83. The summed E-state index contributed by atoms with van der Waals surface area (Å²) in [6.45, 7) is 0.645. The summed E-state index contributed by atoms with van der Waals surface area (Å²) in [6.07, 6.45) is 0.407. The number of hydrogen-bond donors (Lipinski definition) is 0. The van der Waals surface area contributed by atoms with E-state index in [1.54, 1.807) is 4.90 Å². The van der Waals surface area contributed by atoms with Crippen LogP contribution in [-0.4, -0.2) is 17.9 Å². The molecule has 0 aliphatic heterocycles. The number of carbonyl (C=O) groups is 1. The molecule has 2 aromatic rings. The second-order valence-corrected chi connectivity index (χ2v) is 4.30. The Labute approximate surface area is 108 Å². The van der Waals surface area contributed by atoms with Gasteiger partial charge in [0.25, 0.3) is 0 Å². The number of hydrogen-bond acceptors (Lipinski definition) is 1. The predicted octanol–water partition coefficient (Wildman–Crippen LogP) is 2.69. The van der Waals surface area contributed by atoms with Gasteiger partial charge < -0.3 is 4.90 Å². The standard InChI is InChI=1S/C16H16NO/c1-17(13-15-10-6-3-7-11-15)16(18)12-14-8-4-2-5-9-14/h2-8,10-11H,12-13H2,1H3. The number of nitrogens with zero attached hydrogens (tertiary/aromatic N) is 1. The van der Waals surface area contributed by atoms with E-state index in [0.717, 1.165) is 11.1 Å². The highest BCUT2D eigenvalue weighted by atomic mass is 16.2. The zero-order valence-corrected chi connectivity index (χ0v) is 10.5. The Kier molecular flexibility index (Phi) is 4.13. The van der Waals surface area contributed by atoms with Crippen LogP contribution in [0, 0.1) is 6.07 Å². The minimum atomic E-state index is 0.112. The van der Waals surface area contributed by atoms with Gasteiger partial charge in [-0.05, 0) is 17.2 Å². The van der Waals surface area contributed by atoms with Crippen molar-refractivity contribution in [1.29, 1.82) is 0 Å². The smallest absolute Gasteiger partial charge is 0.227 e. The van der Waals surface area contributed by atoms with E-state index in [2.05, 4.69) is 6.07 Å². The number of likely N-dealkylation sites (N-methyl/N-ethyl adjacent to an activating group) is 1. The molecule has 0 bridgehead atoms. The highest BCUT2D eigenvalue weighted by molar-refractivity contribution is 5.78. The maximum Gasteiger partial charge on any atom is 0.227 e. The van der Waals surface area contributed by atoms with Gasteiger partial charge in [-0.15, -0.1) is 0 Å². The Balaban J connectivity index is 1.93. The molecule has 0 fully saturated rings. The first kappa shape index (κ1) is 12.4. The Bertz CT molecular complexity index is 493. The van der Waals surface area contributed by atoms with Crippen LogP contribution in [0.15, 0.2) is 54.6 Å². The fourth-order valence-corrected chi connectivity index (χ4v) is 1.78. The van der Waals surface area contributed by atoms with Gasteiger partial charge in [-0.25, -0.2) is 0 Å². The van der Waals surface area contributed by atoms with E-state index in [4.69, 9.17) is 0 Å². The predicted molar refractivity (Wildman–Crippen MR) is 71.9 cm³/mol. The van der Waals surface area contributed by atoms with E-state index in [1.165, 1.54) is 0 Å². The molecule has 0 spiro atoms. The molecule has 0 atom stereocenters. The second kappa shape index (κ2) is 6.01. The molecule has 0 saturated heterocycles. The molecule has 91 valence electrons. The maximum absolute atomic E-state index is 12.0. The largest absolute Gasteiger partial charge is 0.341 e. The monoisotopic (exact) mass is 238 g/mol. The summed E-state index contributed by atoms with van der Waals surface area (Å²) in [5, 5.41) is 0. The van der Waals surface area contributed by atoms with E-state index < -0.39 is 0 Å². The summed E-state index contributed by atoms with van der Waals surface area (Å²) in [6, 6.07) is 20.7. The molecule has 0 aromatic heterocycles. The normalized spacial score (nSPS) is 10.1. The summed E-state index contributed by atoms with van der Waals surface area (Å²) in [4.78, 5) is 13.8. The Hall–Kier alpha value is -2.09. The fourth-order valence-electron chi connectivity index (χ4n) is 1.78. The molecule has 2 nitrogen and oxygen atoms in total. The molecule has 2 rings (SSSR count). The van der Waals surface area contributed by atoms with Crippen molar-refractivity contribution in [2.45, 2.75) is 13.0 Å². The molecule has 2 heteroatoms. The van der Waals surface area contributed by atoms with Crippen LogP contribution in [0.3, 0.4) is 0 Å². The van der Waals surface area contributed by atoms with Crippen LogP contribution in [0.1, 0.15) is 11.1 Å². The third-order valence-corrected chi connectivity index (χ3v) is 2.80. The minimum Gasteiger partial charge on any atom is -0.341 e. The Morgan fingerprint density at radius 1 is 1.11 bits per heavy atom. The molecule has 18 heavy (non-hydrogen) atoms. The summed E-state index contributed by atoms with van der Waals surface area (Å²) in [5.74, 6) is 0.112. The minimum absolute atomic E-state index is 0.112. The number of carbonyl (C=O) groups excluding carboxylic acids is 1. The van der Waals surface area contributed by atoms with Gasteiger partial charge in [0.2, 0.25) is 5.91 Å². The lowest BCUT2D eigenvalue weighted by Gasteiger charge is -2.17. The first-order chi connectivity index (χ1) is 8.75. The van der Waals surface area contributed by atoms with E-state index >= 15 is 0 Å². The molecular formula is C16H16NO. The molecule has 0 aliphatic rings. The van der Waals surface area contributed by atoms with E-state index in [-0.39, 0.29) is 5.91 Å². The van der Waals surface area contributed by atoms with E-state index in [0.29, 0.717) is 13.0 Å². The molecule has 0 aliphatic carbocycles. The molecule has 0 heterocycles. The van der Waals surface area contributed by atoms with Crippen molar-refractivity contribution in [3.63, 3.8) is 0 Å². The lowest BCUT2D eigenvalue weighted by Crippen LogP contribution is -2.27. The van der Waals surface area contributed by atoms with Crippen LogP contribution < -0.4 is 0 Å². The van der Waals surface area contributed by atoms with Gasteiger partial charge in [0.15, 0.2) is 0 Å². The lowest BCUT2D eigenvalue weighted by atomic mass is 10.1. The average molecular weight is 238 g/mol. The molecule has 1 amide bonds. The number of benzene rings is 2. The first-order valence-electron chi connectivity index (χ1n) is 5.99. The van der Waals surface area contributed by atoms with Crippen molar-refractivity contribution in [2.75, 3.05) is 7.05 Å². The van der Waals surface area contributed by atoms with Crippen LogP contribution in [0.2, 0.25) is 0 Å². The molecule has 0 saturated carbocycles. The maximum atomic E-state index is 12.0. The average Bonchev–Trinajstić information content (AvgIpc) is 2.41. The zero-order chi connectivity index (χ0) is 12.8. The van der Waals surface area contributed by atoms with E-state index in [9.17, 15) is 4.79 Å². The highest BCUT2D eigenvalue weighted by Gasteiger charge is 2.09. The first-order valence-corrected chi connectivity index (χ1v) is 5.99. The van der Waals surface area contributed by atoms with Crippen LogP contribution in [0.5, 0.6) is 0 Å². The van der Waals surface area contributed by atoms with Crippen molar-refractivity contribution < 1.29 is 4.79 Å². The van der Waals surface area contributed by atoms with Crippen molar-refractivity contribution in [3.8, 4) is 0 Å². The van der Waals surface area contributed by atoms with Gasteiger partial charge >= 0.3 is 0 Å². The molecular weight excluding hydrogens is 222 g/mol. The highest BCUT2D eigenvalue weighted by Crippen LogP contribution is 2.06. The summed E-state index contributed by atoms with van der Waals surface area (Å²) in [5.41, 5.74) is 2.08. The van der Waals surface area contributed by atoms with Gasteiger partial charge in [0.05, 0.1) is 6.42 Å². The molecule has 2 aromatic carbocycles. The molecule has 1 radical (unpaired) electrons. The van der Waals surface area contributed by atoms with E-state index in [1.807, 2.05) is 61.6 Å². The number of amides is 1. The van der Waals surface area contributed by atoms with Gasteiger partial charge in [0, 0.05) is 13.6 Å². The van der Waals surface area contributed by atoms with Crippen LogP contribution in [0.4, 0.5) is 0 Å². The van der Waals surface area contributed by atoms with Crippen molar-refractivity contribution >= 4 is 5.91 Å². The van der Waals surface area contributed by atoms with Gasteiger partial charge in [-0.3, -0.25) is 4.79 Å². The van der Waals surface area contributed by atoms with Gasteiger partial charge in [-0.2, -0.15) is 0 Å². The summed E-state index contributed by atoms with van der Waals surface area (Å²) >= 11 is 0. The SMILES string of the molecule is CN(Cc1ccccc1)C(=O)Cc1[c]cccc1.